The molecule has 25 heavy (non-hydrogen) atoms. The Morgan fingerprint density at radius 2 is 1.76 bits per heavy atom. The molecule has 2 saturated heterocycles. The zero-order valence-electron chi connectivity index (χ0n) is 16.3. The number of carbonyl (C=O) groups excluding carboxylic acids is 2. The number of likely N-dealkylation sites (tertiary alicyclic amines) is 2. The lowest BCUT2D eigenvalue weighted by atomic mass is 9.96. The molecule has 2 fully saturated rings. The van der Waals surface area contributed by atoms with Crippen molar-refractivity contribution in [3.05, 3.63) is 0 Å². The summed E-state index contributed by atoms with van der Waals surface area (Å²) in [7, 11) is 3.60. The van der Waals surface area contributed by atoms with E-state index in [0.717, 1.165) is 44.8 Å². The lowest BCUT2D eigenvalue weighted by Gasteiger charge is -2.33. The van der Waals surface area contributed by atoms with E-state index in [9.17, 15) is 9.59 Å². The molecule has 2 aliphatic heterocycles. The first-order valence-electron chi connectivity index (χ1n) is 9.97. The van der Waals surface area contributed by atoms with Crippen molar-refractivity contribution in [1.82, 2.24) is 20.0 Å². The SMILES string of the molecule is CC1CCCCN1CCCCNC(=O)N1CCC(C(=O)N(C)C)CC1. The van der Waals surface area contributed by atoms with Gasteiger partial charge in [-0.15, -0.1) is 0 Å². The molecule has 0 radical (unpaired) electrons. The Kier molecular flexibility index (Phi) is 8.00. The van der Waals surface area contributed by atoms with Gasteiger partial charge in [-0.25, -0.2) is 4.79 Å². The van der Waals surface area contributed by atoms with Gasteiger partial charge in [0.15, 0.2) is 0 Å². The molecule has 0 aromatic heterocycles. The summed E-state index contributed by atoms with van der Waals surface area (Å²) >= 11 is 0. The first-order chi connectivity index (χ1) is 12.0. The molecule has 3 amide bonds. The average molecular weight is 353 g/mol. The van der Waals surface area contributed by atoms with Gasteiger partial charge in [0.2, 0.25) is 5.91 Å². The van der Waals surface area contributed by atoms with Crippen LogP contribution in [0, 0.1) is 5.92 Å². The number of piperidine rings is 2. The van der Waals surface area contributed by atoms with Crippen molar-refractivity contribution < 1.29 is 9.59 Å². The second-order valence-electron chi connectivity index (χ2n) is 7.81. The van der Waals surface area contributed by atoms with Gasteiger partial charge in [0.1, 0.15) is 0 Å². The number of unbranched alkanes of at least 4 members (excludes halogenated alkanes) is 1. The highest BCUT2D eigenvalue weighted by atomic mass is 16.2. The first-order valence-corrected chi connectivity index (χ1v) is 9.97. The lowest BCUT2D eigenvalue weighted by molar-refractivity contribution is -0.134. The molecule has 6 heteroatoms. The fourth-order valence-electron chi connectivity index (χ4n) is 3.93. The van der Waals surface area contributed by atoms with E-state index in [2.05, 4.69) is 17.1 Å². The Balaban J connectivity index is 1.56. The van der Waals surface area contributed by atoms with Crippen LogP contribution in [-0.4, -0.2) is 79.5 Å². The number of hydrogen-bond donors (Lipinski definition) is 1. The number of rotatable bonds is 6. The van der Waals surface area contributed by atoms with Gasteiger partial charge in [-0.3, -0.25) is 4.79 Å². The van der Waals surface area contributed by atoms with Crippen LogP contribution in [-0.2, 0) is 4.79 Å². The third-order valence-electron chi connectivity index (χ3n) is 5.66. The summed E-state index contributed by atoms with van der Waals surface area (Å²) in [5.41, 5.74) is 0. The van der Waals surface area contributed by atoms with Crippen molar-refractivity contribution in [3.63, 3.8) is 0 Å². The highest BCUT2D eigenvalue weighted by Gasteiger charge is 2.28. The van der Waals surface area contributed by atoms with Gasteiger partial charge < -0.3 is 20.0 Å². The summed E-state index contributed by atoms with van der Waals surface area (Å²) in [6.07, 6.45) is 7.74. The average Bonchev–Trinajstić information content (AvgIpc) is 2.62. The van der Waals surface area contributed by atoms with Crippen molar-refractivity contribution in [1.29, 1.82) is 0 Å². The molecule has 0 spiro atoms. The van der Waals surface area contributed by atoms with Crippen molar-refractivity contribution in [3.8, 4) is 0 Å². The van der Waals surface area contributed by atoms with Gasteiger partial charge >= 0.3 is 6.03 Å². The fourth-order valence-corrected chi connectivity index (χ4v) is 3.93. The van der Waals surface area contributed by atoms with Crippen LogP contribution in [0.5, 0.6) is 0 Å². The van der Waals surface area contributed by atoms with Crippen LogP contribution in [0.25, 0.3) is 0 Å². The van der Waals surface area contributed by atoms with Gasteiger partial charge in [0.05, 0.1) is 0 Å². The Labute approximate surface area is 152 Å². The zero-order chi connectivity index (χ0) is 18.2. The number of amides is 3. The molecular formula is C19H36N4O2. The maximum absolute atomic E-state index is 12.2. The lowest BCUT2D eigenvalue weighted by Crippen LogP contribution is -2.47. The van der Waals surface area contributed by atoms with Crippen LogP contribution >= 0.6 is 0 Å². The standard InChI is InChI=1S/C19H36N4O2/c1-16-8-4-6-12-22(16)13-7-5-11-20-19(25)23-14-9-17(10-15-23)18(24)21(2)3/h16-17H,4-15H2,1-3H3,(H,20,25). The van der Waals surface area contributed by atoms with Gasteiger partial charge in [0, 0.05) is 45.7 Å². The summed E-state index contributed by atoms with van der Waals surface area (Å²) in [6.45, 7) is 6.81. The molecule has 1 unspecified atom stereocenters. The van der Waals surface area contributed by atoms with E-state index in [1.54, 1.807) is 19.0 Å². The van der Waals surface area contributed by atoms with E-state index in [0.29, 0.717) is 13.1 Å². The van der Waals surface area contributed by atoms with Crippen LogP contribution in [0.2, 0.25) is 0 Å². The smallest absolute Gasteiger partial charge is 0.317 e. The van der Waals surface area contributed by atoms with E-state index >= 15 is 0 Å². The summed E-state index contributed by atoms with van der Waals surface area (Å²) in [5, 5.41) is 3.04. The maximum atomic E-state index is 12.2. The van der Waals surface area contributed by atoms with E-state index in [4.69, 9.17) is 0 Å². The molecule has 1 N–H and O–H groups in total. The van der Waals surface area contributed by atoms with E-state index in [-0.39, 0.29) is 17.9 Å². The number of nitrogens with one attached hydrogen (secondary N) is 1. The monoisotopic (exact) mass is 352 g/mol. The molecular weight excluding hydrogens is 316 g/mol. The molecule has 6 nitrogen and oxygen atoms in total. The number of urea groups is 1. The largest absolute Gasteiger partial charge is 0.349 e. The minimum absolute atomic E-state index is 0.0297. The third kappa shape index (κ3) is 6.17. The summed E-state index contributed by atoms with van der Waals surface area (Å²) < 4.78 is 0. The van der Waals surface area contributed by atoms with Gasteiger partial charge in [0.25, 0.3) is 0 Å². The predicted molar refractivity (Wildman–Crippen MR) is 101 cm³/mol. The third-order valence-corrected chi connectivity index (χ3v) is 5.66. The summed E-state index contributed by atoms with van der Waals surface area (Å²) in [4.78, 5) is 30.3. The maximum Gasteiger partial charge on any atom is 0.317 e. The first kappa shape index (κ1) is 20.0. The molecule has 2 heterocycles. The minimum atomic E-state index is 0.0297. The second kappa shape index (κ2) is 10.00. The Morgan fingerprint density at radius 1 is 1.04 bits per heavy atom. The number of hydrogen-bond acceptors (Lipinski definition) is 3. The Morgan fingerprint density at radius 3 is 2.40 bits per heavy atom. The molecule has 0 aliphatic carbocycles. The van der Waals surface area contributed by atoms with Gasteiger partial charge in [-0.05, 0) is 58.5 Å². The summed E-state index contributed by atoms with van der Waals surface area (Å²) in [5.74, 6) is 0.262. The van der Waals surface area contributed by atoms with E-state index in [1.807, 2.05) is 4.90 Å². The van der Waals surface area contributed by atoms with Crippen LogP contribution in [0.3, 0.4) is 0 Å². The van der Waals surface area contributed by atoms with E-state index < -0.39 is 0 Å². The zero-order valence-corrected chi connectivity index (χ0v) is 16.3. The van der Waals surface area contributed by atoms with Crippen molar-refractivity contribution >= 4 is 11.9 Å². The Hall–Kier alpha value is -1.30. The predicted octanol–water partition coefficient (Wildman–Crippen LogP) is 2.15. The highest BCUT2D eigenvalue weighted by molar-refractivity contribution is 5.79. The van der Waals surface area contributed by atoms with Gasteiger partial charge in [-0.1, -0.05) is 6.42 Å². The molecule has 0 aromatic carbocycles. The van der Waals surface area contributed by atoms with Crippen molar-refractivity contribution in [2.45, 2.75) is 57.9 Å². The quantitative estimate of drug-likeness (QED) is 0.745. The minimum Gasteiger partial charge on any atom is -0.349 e. The van der Waals surface area contributed by atoms with Crippen molar-refractivity contribution in [2.24, 2.45) is 5.92 Å². The second-order valence-corrected chi connectivity index (χ2v) is 7.81. The van der Waals surface area contributed by atoms with Crippen LogP contribution in [0.1, 0.15) is 51.9 Å². The number of nitrogens with zero attached hydrogens (tertiary/aromatic N) is 3. The molecule has 1 atom stereocenters. The van der Waals surface area contributed by atoms with Crippen molar-refractivity contribution in [2.75, 3.05) is 46.8 Å². The van der Waals surface area contributed by atoms with Crippen LogP contribution in [0.15, 0.2) is 0 Å². The number of carbonyl (C=O) groups is 2. The molecule has 2 aliphatic rings. The molecule has 0 bridgehead atoms. The fraction of sp³-hybridized carbons (Fsp3) is 0.895. The Bertz CT molecular complexity index is 433. The normalized spacial score (nSPS) is 22.7. The summed E-state index contributed by atoms with van der Waals surface area (Å²) in [6, 6.07) is 0.747. The van der Waals surface area contributed by atoms with Crippen LogP contribution < -0.4 is 5.32 Å². The molecule has 0 aromatic rings. The van der Waals surface area contributed by atoms with Crippen LogP contribution in [0.4, 0.5) is 4.79 Å². The molecule has 0 saturated carbocycles. The molecule has 2 rings (SSSR count). The topological polar surface area (TPSA) is 55.9 Å². The van der Waals surface area contributed by atoms with E-state index in [1.165, 1.54) is 25.8 Å². The molecule has 144 valence electrons. The van der Waals surface area contributed by atoms with Gasteiger partial charge in [-0.2, -0.15) is 0 Å². The highest BCUT2D eigenvalue weighted by Crippen LogP contribution is 2.19.